The van der Waals surface area contributed by atoms with Crippen molar-refractivity contribution in [1.82, 2.24) is 4.98 Å². The van der Waals surface area contributed by atoms with E-state index in [9.17, 15) is 0 Å². The number of hydrogen-bond acceptors (Lipinski definition) is 4. The summed E-state index contributed by atoms with van der Waals surface area (Å²) >= 11 is 0. The zero-order chi connectivity index (χ0) is 14.0. The highest BCUT2D eigenvalue weighted by Crippen LogP contribution is 2.43. The smallest absolute Gasteiger partial charge is 0.141 e. The van der Waals surface area contributed by atoms with E-state index in [4.69, 9.17) is 15.2 Å². The van der Waals surface area contributed by atoms with Crippen molar-refractivity contribution in [3.05, 3.63) is 23.5 Å². The van der Waals surface area contributed by atoms with E-state index in [2.05, 4.69) is 4.98 Å². The third-order valence-electron chi connectivity index (χ3n) is 4.46. The van der Waals surface area contributed by atoms with Crippen LogP contribution in [-0.2, 0) is 11.2 Å². The van der Waals surface area contributed by atoms with Crippen LogP contribution in [0.5, 0.6) is 5.75 Å². The summed E-state index contributed by atoms with van der Waals surface area (Å²) in [5, 5.41) is 0. The Morgan fingerprint density at radius 3 is 3.00 bits per heavy atom. The molecule has 2 N–H and O–H groups in total. The number of nitrogens with two attached hydrogens (primary N) is 1. The minimum Gasteiger partial charge on any atom is -0.488 e. The fourth-order valence-corrected chi connectivity index (χ4v) is 3.20. The topological polar surface area (TPSA) is 57.4 Å². The summed E-state index contributed by atoms with van der Waals surface area (Å²) < 4.78 is 12.2. The molecule has 1 aromatic heterocycles. The van der Waals surface area contributed by atoms with Crippen LogP contribution in [0.3, 0.4) is 0 Å². The predicted octanol–water partition coefficient (Wildman–Crippen LogP) is 2.37. The van der Waals surface area contributed by atoms with Gasteiger partial charge in [-0.1, -0.05) is 0 Å². The SMILES string of the molecule is Cc1ccc(OC2CCOC3(CCC3)C2)c(CCN)n1. The van der Waals surface area contributed by atoms with Gasteiger partial charge in [0.25, 0.3) is 0 Å². The molecule has 0 radical (unpaired) electrons. The van der Waals surface area contributed by atoms with Gasteiger partial charge in [0.05, 0.1) is 17.9 Å². The van der Waals surface area contributed by atoms with Crippen molar-refractivity contribution in [1.29, 1.82) is 0 Å². The average molecular weight is 276 g/mol. The van der Waals surface area contributed by atoms with Crippen molar-refractivity contribution in [3.8, 4) is 5.75 Å². The largest absolute Gasteiger partial charge is 0.488 e. The van der Waals surface area contributed by atoms with Gasteiger partial charge < -0.3 is 15.2 Å². The van der Waals surface area contributed by atoms with E-state index >= 15 is 0 Å². The zero-order valence-electron chi connectivity index (χ0n) is 12.2. The van der Waals surface area contributed by atoms with Gasteiger partial charge in [-0.15, -0.1) is 0 Å². The van der Waals surface area contributed by atoms with Gasteiger partial charge in [0.1, 0.15) is 11.9 Å². The molecule has 4 heteroatoms. The molecule has 3 rings (SSSR count). The first-order valence-electron chi connectivity index (χ1n) is 7.68. The number of rotatable bonds is 4. The Labute approximate surface area is 120 Å². The lowest BCUT2D eigenvalue weighted by Crippen LogP contribution is -2.48. The Morgan fingerprint density at radius 1 is 1.45 bits per heavy atom. The van der Waals surface area contributed by atoms with Crippen LogP contribution in [0.4, 0.5) is 0 Å². The second kappa shape index (κ2) is 5.70. The summed E-state index contributed by atoms with van der Waals surface area (Å²) in [4.78, 5) is 4.56. The minimum atomic E-state index is 0.120. The fraction of sp³-hybridized carbons (Fsp3) is 0.688. The molecule has 1 saturated carbocycles. The summed E-state index contributed by atoms with van der Waals surface area (Å²) in [5.74, 6) is 0.905. The van der Waals surface area contributed by atoms with Crippen LogP contribution < -0.4 is 10.5 Å². The Morgan fingerprint density at radius 2 is 2.30 bits per heavy atom. The van der Waals surface area contributed by atoms with Gasteiger partial charge in [-0.05, 0) is 44.9 Å². The molecule has 0 bridgehead atoms. The monoisotopic (exact) mass is 276 g/mol. The van der Waals surface area contributed by atoms with E-state index in [1.165, 1.54) is 19.3 Å². The molecule has 2 heterocycles. The van der Waals surface area contributed by atoms with Gasteiger partial charge in [0, 0.05) is 25.0 Å². The normalized spacial score (nSPS) is 24.4. The highest BCUT2D eigenvalue weighted by atomic mass is 16.5. The van der Waals surface area contributed by atoms with Gasteiger partial charge in [-0.2, -0.15) is 0 Å². The van der Waals surface area contributed by atoms with E-state index < -0.39 is 0 Å². The second-order valence-electron chi connectivity index (χ2n) is 6.05. The van der Waals surface area contributed by atoms with E-state index in [1.54, 1.807) is 0 Å². The average Bonchev–Trinajstić information content (AvgIpc) is 2.41. The molecule has 1 saturated heterocycles. The van der Waals surface area contributed by atoms with E-state index in [1.807, 2.05) is 19.1 Å². The lowest BCUT2D eigenvalue weighted by atomic mass is 9.74. The molecule has 1 spiro atoms. The highest BCUT2D eigenvalue weighted by Gasteiger charge is 2.43. The van der Waals surface area contributed by atoms with Crippen LogP contribution >= 0.6 is 0 Å². The second-order valence-corrected chi connectivity index (χ2v) is 6.05. The molecule has 20 heavy (non-hydrogen) atoms. The standard InChI is InChI=1S/C16H24N2O2/c1-12-3-4-15(14(18-12)5-9-17)20-13-6-10-19-16(11-13)7-2-8-16/h3-4,13H,2,5-11,17H2,1H3. The van der Waals surface area contributed by atoms with Crippen molar-refractivity contribution in [2.45, 2.75) is 57.2 Å². The van der Waals surface area contributed by atoms with E-state index in [0.29, 0.717) is 6.54 Å². The third kappa shape index (κ3) is 2.81. The van der Waals surface area contributed by atoms with Crippen LogP contribution in [0.15, 0.2) is 12.1 Å². The summed E-state index contributed by atoms with van der Waals surface area (Å²) in [5.41, 5.74) is 7.80. The number of aromatic nitrogens is 1. The molecule has 0 aromatic carbocycles. The molecule has 1 atom stereocenters. The number of hydrogen-bond donors (Lipinski definition) is 1. The summed E-state index contributed by atoms with van der Waals surface area (Å²) in [6, 6.07) is 4.05. The Kier molecular flexibility index (Phi) is 3.94. The quantitative estimate of drug-likeness (QED) is 0.917. The first-order chi connectivity index (χ1) is 9.71. The molecule has 1 aliphatic heterocycles. The fourth-order valence-electron chi connectivity index (χ4n) is 3.20. The van der Waals surface area contributed by atoms with Crippen LogP contribution in [-0.4, -0.2) is 29.8 Å². The molecular weight excluding hydrogens is 252 g/mol. The molecule has 4 nitrogen and oxygen atoms in total. The lowest BCUT2D eigenvalue weighted by Gasteiger charge is -2.47. The van der Waals surface area contributed by atoms with Gasteiger partial charge in [0.15, 0.2) is 0 Å². The van der Waals surface area contributed by atoms with Crippen LogP contribution in [0.25, 0.3) is 0 Å². The first kappa shape index (κ1) is 13.8. The molecule has 1 unspecified atom stereocenters. The number of pyridine rings is 1. The molecule has 2 fully saturated rings. The van der Waals surface area contributed by atoms with Crippen molar-refractivity contribution in [2.24, 2.45) is 5.73 Å². The number of nitrogens with zero attached hydrogens (tertiary/aromatic N) is 1. The Balaban J connectivity index is 1.70. The van der Waals surface area contributed by atoms with E-state index in [0.717, 1.165) is 43.0 Å². The van der Waals surface area contributed by atoms with E-state index in [-0.39, 0.29) is 11.7 Å². The molecule has 1 aliphatic carbocycles. The molecule has 1 aromatic rings. The van der Waals surface area contributed by atoms with Gasteiger partial charge in [-0.3, -0.25) is 4.98 Å². The Hall–Kier alpha value is -1.13. The van der Waals surface area contributed by atoms with Crippen molar-refractivity contribution >= 4 is 0 Å². The summed E-state index contributed by atoms with van der Waals surface area (Å²) in [7, 11) is 0. The maximum atomic E-state index is 6.23. The molecule has 2 aliphatic rings. The van der Waals surface area contributed by atoms with Crippen LogP contribution in [0.2, 0.25) is 0 Å². The van der Waals surface area contributed by atoms with Crippen LogP contribution in [0, 0.1) is 6.92 Å². The predicted molar refractivity (Wildman–Crippen MR) is 77.9 cm³/mol. The summed E-state index contributed by atoms with van der Waals surface area (Å²) in [6.07, 6.45) is 6.68. The maximum Gasteiger partial charge on any atom is 0.141 e. The minimum absolute atomic E-state index is 0.120. The van der Waals surface area contributed by atoms with Crippen LogP contribution in [0.1, 0.15) is 43.5 Å². The number of aryl methyl sites for hydroxylation is 1. The first-order valence-corrected chi connectivity index (χ1v) is 7.68. The third-order valence-corrected chi connectivity index (χ3v) is 4.46. The maximum absolute atomic E-state index is 6.23. The molecule has 0 amide bonds. The van der Waals surface area contributed by atoms with Gasteiger partial charge >= 0.3 is 0 Å². The molecular formula is C16H24N2O2. The summed E-state index contributed by atoms with van der Waals surface area (Å²) in [6.45, 7) is 3.42. The van der Waals surface area contributed by atoms with Crippen molar-refractivity contribution in [2.75, 3.05) is 13.2 Å². The zero-order valence-corrected chi connectivity index (χ0v) is 12.2. The lowest BCUT2D eigenvalue weighted by molar-refractivity contribution is -0.153. The Bertz CT molecular complexity index is 472. The van der Waals surface area contributed by atoms with Crippen molar-refractivity contribution < 1.29 is 9.47 Å². The van der Waals surface area contributed by atoms with Crippen molar-refractivity contribution in [3.63, 3.8) is 0 Å². The highest BCUT2D eigenvalue weighted by molar-refractivity contribution is 5.30. The van der Waals surface area contributed by atoms with Gasteiger partial charge in [0.2, 0.25) is 0 Å². The molecule has 110 valence electrons. The van der Waals surface area contributed by atoms with Gasteiger partial charge in [-0.25, -0.2) is 0 Å². The number of ether oxygens (including phenoxy) is 2.